The van der Waals surface area contributed by atoms with Crippen molar-refractivity contribution in [1.82, 2.24) is 9.97 Å². The predicted octanol–water partition coefficient (Wildman–Crippen LogP) is 2.92. The fourth-order valence-corrected chi connectivity index (χ4v) is 1.89. The maximum absolute atomic E-state index is 4.32. The fourth-order valence-electron chi connectivity index (χ4n) is 1.89. The molecule has 0 aromatic carbocycles. The minimum absolute atomic E-state index is 0.779. The van der Waals surface area contributed by atoms with E-state index >= 15 is 0 Å². The maximum atomic E-state index is 4.32. The zero-order valence-corrected chi connectivity index (χ0v) is 9.49. The number of anilines is 3. The van der Waals surface area contributed by atoms with E-state index in [0.29, 0.717) is 0 Å². The molecule has 4 nitrogen and oxygen atoms in total. The van der Waals surface area contributed by atoms with Crippen molar-refractivity contribution in [3.05, 3.63) is 48.3 Å². The molecule has 0 radical (unpaired) electrons. The second kappa shape index (κ2) is 3.59. The maximum Gasteiger partial charge on any atom is 0.155 e. The standard InChI is InChI=1S/C13H12N4/c1-8-5-7-15-13-11(8)16-9(2)10-4-3-6-14-12(10)17-13/h3-7,16H,2H2,1H3,(H,14,15,17). The predicted molar refractivity (Wildman–Crippen MR) is 69.2 cm³/mol. The van der Waals surface area contributed by atoms with Crippen LogP contribution in [0.15, 0.2) is 37.2 Å². The van der Waals surface area contributed by atoms with E-state index in [0.717, 1.165) is 34.1 Å². The van der Waals surface area contributed by atoms with Gasteiger partial charge in [0.05, 0.1) is 5.69 Å². The second-order valence-electron chi connectivity index (χ2n) is 3.98. The summed E-state index contributed by atoms with van der Waals surface area (Å²) in [6.07, 6.45) is 3.53. The van der Waals surface area contributed by atoms with E-state index < -0.39 is 0 Å². The lowest BCUT2D eigenvalue weighted by Gasteiger charge is -2.10. The zero-order chi connectivity index (χ0) is 11.8. The number of hydrogen-bond donors (Lipinski definition) is 2. The molecule has 2 aromatic rings. The molecule has 3 rings (SSSR count). The number of hydrogen-bond acceptors (Lipinski definition) is 4. The lowest BCUT2D eigenvalue weighted by atomic mass is 10.2. The van der Waals surface area contributed by atoms with Gasteiger partial charge in [0, 0.05) is 23.7 Å². The number of pyridine rings is 2. The third kappa shape index (κ3) is 1.54. The average molecular weight is 224 g/mol. The van der Waals surface area contributed by atoms with E-state index in [1.165, 1.54) is 0 Å². The highest BCUT2D eigenvalue weighted by molar-refractivity contribution is 5.90. The van der Waals surface area contributed by atoms with E-state index in [9.17, 15) is 0 Å². The highest BCUT2D eigenvalue weighted by atomic mass is 15.1. The SMILES string of the molecule is C=C1Nc2c(C)ccnc2Nc2ncccc21. The Bertz CT molecular complexity index is 604. The molecule has 0 unspecified atom stereocenters. The number of nitrogens with zero attached hydrogens (tertiary/aromatic N) is 2. The molecule has 0 saturated heterocycles. The van der Waals surface area contributed by atoms with Gasteiger partial charge in [0.1, 0.15) is 5.82 Å². The van der Waals surface area contributed by atoms with Crippen LogP contribution in [0.5, 0.6) is 0 Å². The van der Waals surface area contributed by atoms with Crippen LogP contribution in [-0.4, -0.2) is 9.97 Å². The zero-order valence-electron chi connectivity index (χ0n) is 9.49. The quantitative estimate of drug-likeness (QED) is 0.722. The van der Waals surface area contributed by atoms with Gasteiger partial charge in [-0.25, -0.2) is 9.97 Å². The molecule has 0 aliphatic carbocycles. The smallest absolute Gasteiger partial charge is 0.155 e. The number of nitrogens with one attached hydrogen (secondary N) is 2. The molecule has 84 valence electrons. The van der Waals surface area contributed by atoms with E-state index in [1.54, 1.807) is 12.4 Å². The molecule has 0 fully saturated rings. The molecule has 0 atom stereocenters. The van der Waals surface area contributed by atoms with Crippen LogP contribution in [0.1, 0.15) is 11.1 Å². The summed E-state index contributed by atoms with van der Waals surface area (Å²) < 4.78 is 0. The molecule has 1 aliphatic rings. The summed E-state index contributed by atoms with van der Waals surface area (Å²) in [5.74, 6) is 1.56. The second-order valence-corrected chi connectivity index (χ2v) is 3.98. The van der Waals surface area contributed by atoms with Crippen molar-refractivity contribution in [3.63, 3.8) is 0 Å². The molecule has 0 spiro atoms. The summed E-state index contributed by atoms with van der Waals surface area (Å²) in [5.41, 5.74) is 3.87. The van der Waals surface area contributed by atoms with Crippen LogP contribution in [0, 0.1) is 6.92 Å². The van der Waals surface area contributed by atoms with Crippen LogP contribution >= 0.6 is 0 Å². The Kier molecular flexibility index (Phi) is 2.08. The van der Waals surface area contributed by atoms with Crippen molar-refractivity contribution in [3.8, 4) is 0 Å². The Morgan fingerprint density at radius 3 is 2.76 bits per heavy atom. The first kappa shape index (κ1) is 9.84. The molecule has 2 N–H and O–H groups in total. The van der Waals surface area contributed by atoms with Crippen molar-refractivity contribution in [1.29, 1.82) is 0 Å². The van der Waals surface area contributed by atoms with E-state index in [2.05, 4.69) is 27.2 Å². The van der Waals surface area contributed by atoms with E-state index in [1.807, 2.05) is 25.1 Å². The Morgan fingerprint density at radius 1 is 1.06 bits per heavy atom. The molecule has 1 aliphatic heterocycles. The van der Waals surface area contributed by atoms with Gasteiger partial charge in [-0.2, -0.15) is 0 Å². The van der Waals surface area contributed by atoms with Crippen LogP contribution in [0.25, 0.3) is 5.70 Å². The summed E-state index contributed by atoms with van der Waals surface area (Å²) in [6.45, 7) is 6.07. The third-order valence-electron chi connectivity index (χ3n) is 2.80. The summed E-state index contributed by atoms with van der Waals surface area (Å²) in [5, 5.41) is 6.52. The molecule has 0 saturated carbocycles. The molecule has 3 heterocycles. The Morgan fingerprint density at radius 2 is 1.88 bits per heavy atom. The summed E-state index contributed by atoms with van der Waals surface area (Å²) >= 11 is 0. The van der Waals surface area contributed by atoms with E-state index in [-0.39, 0.29) is 0 Å². The molecule has 0 bridgehead atoms. The first-order chi connectivity index (χ1) is 8.25. The van der Waals surface area contributed by atoms with Crippen molar-refractivity contribution in [2.45, 2.75) is 6.92 Å². The number of fused-ring (bicyclic) bond motifs is 2. The highest BCUT2D eigenvalue weighted by Gasteiger charge is 2.17. The monoisotopic (exact) mass is 224 g/mol. The van der Waals surface area contributed by atoms with E-state index in [4.69, 9.17) is 0 Å². The van der Waals surface area contributed by atoms with Crippen LogP contribution in [0.2, 0.25) is 0 Å². The van der Waals surface area contributed by atoms with Crippen molar-refractivity contribution >= 4 is 23.0 Å². The summed E-state index contributed by atoms with van der Waals surface area (Å²) in [4.78, 5) is 8.62. The highest BCUT2D eigenvalue weighted by Crippen LogP contribution is 2.34. The van der Waals surface area contributed by atoms with Crippen molar-refractivity contribution < 1.29 is 0 Å². The lowest BCUT2D eigenvalue weighted by molar-refractivity contribution is 1.24. The largest absolute Gasteiger partial charge is 0.352 e. The number of rotatable bonds is 0. The molecule has 4 heteroatoms. The van der Waals surface area contributed by atoms with Gasteiger partial charge in [0.15, 0.2) is 5.82 Å². The molecular formula is C13H12N4. The first-order valence-electron chi connectivity index (χ1n) is 5.39. The lowest BCUT2D eigenvalue weighted by Crippen LogP contribution is -1.98. The topological polar surface area (TPSA) is 49.8 Å². The average Bonchev–Trinajstić information content (AvgIpc) is 2.47. The van der Waals surface area contributed by atoms with Crippen LogP contribution in [-0.2, 0) is 0 Å². The van der Waals surface area contributed by atoms with Gasteiger partial charge in [-0.1, -0.05) is 6.58 Å². The normalized spacial score (nSPS) is 12.9. The third-order valence-corrected chi connectivity index (χ3v) is 2.80. The Hall–Kier alpha value is -2.36. The van der Waals surface area contributed by atoms with Gasteiger partial charge in [0.2, 0.25) is 0 Å². The summed E-state index contributed by atoms with van der Waals surface area (Å²) in [6, 6.07) is 5.83. The molecule has 2 aromatic heterocycles. The number of aromatic nitrogens is 2. The molecule has 0 amide bonds. The van der Waals surface area contributed by atoms with Crippen LogP contribution < -0.4 is 10.6 Å². The van der Waals surface area contributed by atoms with Crippen LogP contribution in [0.4, 0.5) is 17.3 Å². The Labute approximate surface area is 99.4 Å². The molecular weight excluding hydrogens is 212 g/mol. The van der Waals surface area contributed by atoms with Gasteiger partial charge in [-0.3, -0.25) is 0 Å². The van der Waals surface area contributed by atoms with Gasteiger partial charge in [-0.15, -0.1) is 0 Å². The van der Waals surface area contributed by atoms with Gasteiger partial charge >= 0.3 is 0 Å². The van der Waals surface area contributed by atoms with Crippen molar-refractivity contribution in [2.75, 3.05) is 10.6 Å². The Balaban J connectivity index is 2.20. The van der Waals surface area contributed by atoms with Gasteiger partial charge in [-0.05, 0) is 30.7 Å². The van der Waals surface area contributed by atoms with Crippen molar-refractivity contribution in [2.24, 2.45) is 0 Å². The fraction of sp³-hybridized carbons (Fsp3) is 0.0769. The van der Waals surface area contributed by atoms with Gasteiger partial charge < -0.3 is 10.6 Å². The van der Waals surface area contributed by atoms with Crippen LogP contribution in [0.3, 0.4) is 0 Å². The summed E-state index contributed by atoms with van der Waals surface area (Å²) in [7, 11) is 0. The number of aryl methyl sites for hydroxylation is 1. The molecule has 17 heavy (non-hydrogen) atoms. The van der Waals surface area contributed by atoms with Gasteiger partial charge in [0.25, 0.3) is 0 Å². The minimum Gasteiger partial charge on any atom is -0.352 e. The first-order valence-corrected chi connectivity index (χ1v) is 5.39. The minimum atomic E-state index is 0.779.